The van der Waals surface area contributed by atoms with Crippen LogP contribution in [0.15, 0.2) is 42.6 Å². The minimum absolute atomic E-state index is 0. The molecule has 8 nitrogen and oxygen atoms in total. The summed E-state index contributed by atoms with van der Waals surface area (Å²) in [5.41, 5.74) is 5.93. The van der Waals surface area contributed by atoms with Gasteiger partial charge in [-0.15, -0.1) is 10.2 Å². The molecule has 0 unspecified atom stereocenters. The first-order valence-electron chi connectivity index (χ1n) is 11.8. The Morgan fingerprint density at radius 3 is 2.76 bits per heavy atom. The van der Waals surface area contributed by atoms with Crippen molar-refractivity contribution < 1.29 is 15.7 Å². The van der Waals surface area contributed by atoms with Gasteiger partial charge in [0.2, 0.25) is 0 Å². The van der Waals surface area contributed by atoms with E-state index >= 15 is 0 Å². The first-order valence-corrected chi connectivity index (χ1v) is 11.8. The monoisotopic (exact) mass is 461 g/mol. The molecule has 3 heterocycles. The summed E-state index contributed by atoms with van der Waals surface area (Å²) in [5.74, 6) is 0.878. The van der Waals surface area contributed by atoms with Crippen LogP contribution in [0.5, 0.6) is 5.88 Å². The van der Waals surface area contributed by atoms with Gasteiger partial charge in [-0.05, 0) is 62.6 Å². The molecule has 1 aliphatic carbocycles. The number of morpholine rings is 1. The molecule has 1 amide bonds. The maximum Gasteiger partial charge on any atom is 0.257 e. The van der Waals surface area contributed by atoms with Crippen LogP contribution in [0, 0.1) is 6.92 Å². The van der Waals surface area contributed by atoms with Crippen molar-refractivity contribution in [2.75, 3.05) is 43.1 Å². The van der Waals surface area contributed by atoms with Gasteiger partial charge in [-0.2, -0.15) is 0 Å². The average molecular weight is 462 g/mol. The molecule has 3 aromatic rings. The molecule has 5 rings (SSSR count). The molecule has 0 radical (unpaired) electrons. The number of pyridine rings is 1. The number of benzene rings is 1. The fraction of sp³-hybridized carbons (Fsp3) is 0.385. The number of nitrogens with zero attached hydrogens (tertiary/aromatic N) is 4. The van der Waals surface area contributed by atoms with Gasteiger partial charge in [0.15, 0.2) is 0 Å². The number of nitrogens with one attached hydrogen (secondary N) is 1. The maximum absolute atomic E-state index is 12.9. The van der Waals surface area contributed by atoms with Crippen molar-refractivity contribution >= 4 is 17.3 Å². The summed E-state index contributed by atoms with van der Waals surface area (Å²) in [6, 6.07) is 11.5. The van der Waals surface area contributed by atoms with Crippen molar-refractivity contribution in [3.05, 3.63) is 59.4 Å². The van der Waals surface area contributed by atoms with E-state index in [0.29, 0.717) is 42.9 Å². The molecule has 0 spiro atoms. The molecule has 2 fully saturated rings. The van der Waals surface area contributed by atoms with Crippen molar-refractivity contribution in [2.24, 2.45) is 0 Å². The molecule has 34 heavy (non-hydrogen) atoms. The van der Waals surface area contributed by atoms with Gasteiger partial charge >= 0.3 is 0 Å². The number of hydrogen-bond donors (Lipinski definition) is 1. The van der Waals surface area contributed by atoms with Gasteiger partial charge in [0.1, 0.15) is 5.69 Å². The number of ether oxygens (including phenoxy) is 2. The van der Waals surface area contributed by atoms with Crippen LogP contribution in [0.4, 0.5) is 11.4 Å². The van der Waals surface area contributed by atoms with E-state index in [1.807, 2.05) is 44.2 Å². The Labute approximate surface area is 200 Å². The largest absolute Gasteiger partial charge is 0.475 e. The van der Waals surface area contributed by atoms with Crippen LogP contribution in [-0.2, 0) is 4.74 Å². The smallest absolute Gasteiger partial charge is 0.257 e. The predicted molar refractivity (Wildman–Crippen MR) is 133 cm³/mol. The summed E-state index contributed by atoms with van der Waals surface area (Å²) in [6.07, 6.45) is 4.01. The van der Waals surface area contributed by atoms with E-state index in [9.17, 15) is 4.79 Å². The summed E-state index contributed by atoms with van der Waals surface area (Å²) in [6.45, 7) is 7.36. The number of carbonyl (C=O) groups is 1. The van der Waals surface area contributed by atoms with Crippen LogP contribution < -0.4 is 15.0 Å². The summed E-state index contributed by atoms with van der Waals surface area (Å²) in [5, 5.41) is 11.9. The van der Waals surface area contributed by atoms with E-state index in [1.54, 1.807) is 12.3 Å². The molecule has 0 bridgehead atoms. The summed E-state index contributed by atoms with van der Waals surface area (Å²) in [7, 11) is 0. The summed E-state index contributed by atoms with van der Waals surface area (Å²) >= 11 is 0. The summed E-state index contributed by atoms with van der Waals surface area (Å²) in [4.78, 5) is 19.5. The lowest BCUT2D eigenvalue weighted by molar-refractivity contribution is 0.102. The predicted octanol–water partition coefficient (Wildman–Crippen LogP) is 4.46. The molecule has 1 aliphatic heterocycles. The minimum Gasteiger partial charge on any atom is -0.475 e. The molecule has 1 saturated heterocycles. The lowest BCUT2D eigenvalue weighted by Gasteiger charge is -2.29. The zero-order chi connectivity index (χ0) is 23.5. The van der Waals surface area contributed by atoms with E-state index in [1.165, 1.54) is 0 Å². The third kappa shape index (κ3) is 4.87. The molecular weight excluding hydrogens is 430 g/mol. The molecule has 0 atom stereocenters. The third-order valence-electron chi connectivity index (χ3n) is 6.18. The normalized spacial score (nSPS) is 15.8. The van der Waals surface area contributed by atoms with Crippen molar-refractivity contribution in [2.45, 2.75) is 32.6 Å². The quantitative estimate of drug-likeness (QED) is 0.556. The number of amides is 1. The van der Waals surface area contributed by atoms with Gasteiger partial charge in [0.25, 0.3) is 11.8 Å². The molecule has 1 aromatic carbocycles. The highest BCUT2D eigenvalue weighted by molar-refractivity contribution is 6.04. The highest BCUT2D eigenvalue weighted by Gasteiger charge is 2.25. The van der Waals surface area contributed by atoms with E-state index < -0.39 is 0 Å². The van der Waals surface area contributed by atoms with Crippen molar-refractivity contribution in [1.82, 2.24) is 15.2 Å². The van der Waals surface area contributed by atoms with Gasteiger partial charge < -0.3 is 19.7 Å². The van der Waals surface area contributed by atoms with Gasteiger partial charge in [-0.25, -0.2) is 0 Å². The van der Waals surface area contributed by atoms with Crippen LogP contribution in [0.2, 0.25) is 0 Å². The maximum atomic E-state index is 12.9. The Kier molecular flexibility index (Phi) is 6.40. The topological polar surface area (TPSA) is 89.5 Å². The van der Waals surface area contributed by atoms with Crippen LogP contribution in [-0.4, -0.2) is 54.0 Å². The van der Waals surface area contributed by atoms with Gasteiger partial charge in [0.05, 0.1) is 25.5 Å². The first kappa shape index (κ1) is 22.3. The fourth-order valence-corrected chi connectivity index (χ4v) is 4.14. The van der Waals surface area contributed by atoms with Crippen LogP contribution in [0.1, 0.15) is 48.7 Å². The summed E-state index contributed by atoms with van der Waals surface area (Å²) < 4.78 is 11.3. The Hall–Kier alpha value is -3.52. The lowest BCUT2D eigenvalue weighted by Crippen LogP contribution is -2.36. The first-order chi connectivity index (χ1) is 16.6. The second-order valence-electron chi connectivity index (χ2n) is 8.68. The Morgan fingerprint density at radius 2 is 2.00 bits per heavy atom. The Morgan fingerprint density at radius 1 is 1.18 bits per heavy atom. The zero-order valence-electron chi connectivity index (χ0n) is 19.6. The van der Waals surface area contributed by atoms with E-state index in [-0.39, 0.29) is 7.33 Å². The van der Waals surface area contributed by atoms with Gasteiger partial charge in [0, 0.05) is 49.1 Å². The van der Waals surface area contributed by atoms with E-state index in [0.717, 1.165) is 54.1 Å². The standard InChI is InChI=1S/C26H29N5O3.H2/c1-3-34-26-24(31-10-12-33-13-11-31)16-23(29-30-26)21-15-20(7-4-17(21)2)28-25(32)19-8-9-27-22(14-19)18-5-6-18;/h4,7-9,14-16,18H,3,5-6,10-13H2,1-2H3,(H,28,32);1H. The van der Waals surface area contributed by atoms with E-state index in [4.69, 9.17) is 9.47 Å². The highest BCUT2D eigenvalue weighted by Crippen LogP contribution is 2.39. The second-order valence-corrected chi connectivity index (χ2v) is 8.68. The molecule has 2 aliphatic rings. The highest BCUT2D eigenvalue weighted by atomic mass is 16.5. The van der Waals surface area contributed by atoms with Gasteiger partial charge in [-0.1, -0.05) is 6.07 Å². The fourth-order valence-electron chi connectivity index (χ4n) is 4.14. The molecule has 8 heteroatoms. The van der Waals surface area contributed by atoms with Crippen molar-refractivity contribution in [1.29, 1.82) is 0 Å². The van der Waals surface area contributed by atoms with Gasteiger partial charge in [-0.3, -0.25) is 9.78 Å². The SMILES string of the molecule is CCOc1nnc(-c2cc(NC(=O)c3ccnc(C4CC4)c3)ccc2C)cc1N1CCOCC1.[HH]. The minimum atomic E-state index is -0.147. The third-order valence-corrected chi connectivity index (χ3v) is 6.18. The number of hydrogen-bond acceptors (Lipinski definition) is 7. The number of rotatable bonds is 7. The molecule has 1 saturated carbocycles. The molecular formula is C26H31N5O3. The molecule has 1 N–H and O–H groups in total. The lowest BCUT2D eigenvalue weighted by atomic mass is 10.0. The Bertz CT molecular complexity index is 1200. The van der Waals surface area contributed by atoms with Crippen LogP contribution in [0.25, 0.3) is 11.3 Å². The Balaban J connectivity index is 0.00000289. The zero-order valence-corrected chi connectivity index (χ0v) is 19.6. The van der Waals surface area contributed by atoms with E-state index in [2.05, 4.69) is 25.4 Å². The number of anilines is 2. The average Bonchev–Trinajstić information content (AvgIpc) is 3.72. The van der Waals surface area contributed by atoms with Crippen molar-refractivity contribution in [3.63, 3.8) is 0 Å². The molecule has 2 aromatic heterocycles. The van der Waals surface area contributed by atoms with Crippen LogP contribution >= 0.6 is 0 Å². The van der Waals surface area contributed by atoms with Crippen molar-refractivity contribution in [3.8, 4) is 17.1 Å². The second kappa shape index (κ2) is 9.77. The molecule has 178 valence electrons. The van der Waals surface area contributed by atoms with Crippen LogP contribution in [0.3, 0.4) is 0 Å². The number of aryl methyl sites for hydroxylation is 1. The number of aromatic nitrogens is 3. The number of carbonyl (C=O) groups excluding carboxylic acids is 1.